The highest BCUT2D eigenvalue weighted by Gasteiger charge is 2.08. The molecule has 0 aromatic heterocycles. The lowest BCUT2D eigenvalue weighted by Gasteiger charge is -2.16. The summed E-state index contributed by atoms with van der Waals surface area (Å²) in [5.74, 6) is 0.743. The molecule has 0 aliphatic carbocycles. The number of halogens is 1. The average molecular weight is 242 g/mol. The van der Waals surface area contributed by atoms with Gasteiger partial charge in [0.2, 0.25) is 0 Å². The molecule has 2 nitrogen and oxygen atoms in total. The molecule has 0 spiro atoms. The Bertz CT molecular complexity index is 339. The highest BCUT2D eigenvalue weighted by Crippen LogP contribution is 2.28. The van der Waals surface area contributed by atoms with Gasteiger partial charge in [0.05, 0.1) is 11.1 Å². The van der Waals surface area contributed by atoms with Crippen LogP contribution in [0.2, 0.25) is 5.02 Å². The number of benzene rings is 1. The second kappa shape index (κ2) is 6.12. The molecule has 0 saturated heterocycles. The fourth-order valence-corrected chi connectivity index (χ4v) is 1.81. The predicted molar refractivity (Wildman–Crippen MR) is 69.1 cm³/mol. The third-order valence-corrected chi connectivity index (χ3v) is 2.80. The highest BCUT2D eigenvalue weighted by molar-refractivity contribution is 6.32. The summed E-state index contributed by atoms with van der Waals surface area (Å²) in [4.78, 5) is 0. The van der Waals surface area contributed by atoms with Crippen LogP contribution in [0.5, 0.6) is 5.75 Å². The summed E-state index contributed by atoms with van der Waals surface area (Å²) in [6.45, 7) is 6.13. The van der Waals surface area contributed by atoms with Gasteiger partial charge >= 0.3 is 0 Å². The van der Waals surface area contributed by atoms with Crippen molar-refractivity contribution in [2.75, 3.05) is 0 Å². The molecule has 16 heavy (non-hydrogen) atoms. The van der Waals surface area contributed by atoms with Crippen molar-refractivity contribution < 1.29 is 4.74 Å². The third-order valence-electron chi connectivity index (χ3n) is 2.51. The molecule has 2 atom stereocenters. The Labute approximate surface area is 103 Å². The van der Waals surface area contributed by atoms with Crippen LogP contribution < -0.4 is 10.5 Å². The van der Waals surface area contributed by atoms with Crippen LogP contribution in [-0.2, 0) is 0 Å². The highest BCUT2D eigenvalue weighted by atomic mass is 35.5. The lowest BCUT2D eigenvalue weighted by atomic mass is 10.1. The molecule has 1 aromatic carbocycles. The van der Waals surface area contributed by atoms with Gasteiger partial charge in [0.1, 0.15) is 5.75 Å². The number of nitrogens with two attached hydrogens (primary N) is 1. The molecule has 3 heteroatoms. The van der Waals surface area contributed by atoms with Crippen LogP contribution in [0.4, 0.5) is 0 Å². The first-order valence-electron chi connectivity index (χ1n) is 5.76. The van der Waals surface area contributed by atoms with Gasteiger partial charge in [-0.3, -0.25) is 0 Å². The lowest BCUT2D eigenvalue weighted by Crippen LogP contribution is -2.11. The second-order valence-corrected chi connectivity index (χ2v) is 4.60. The van der Waals surface area contributed by atoms with E-state index in [9.17, 15) is 0 Å². The molecule has 1 unspecified atom stereocenters. The second-order valence-electron chi connectivity index (χ2n) is 4.20. The van der Waals surface area contributed by atoms with E-state index in [4.69, 9.17) is 22.1 Å². The van der Waals surface area contributed by atoms with E-state index in [1.54, 1.807) is 0 Å². The Morgan fingerprint density at radius 1 is 1.38 bits per heavy atom. The van der Waals surface area contributed by atoms with Crippen molar-refractivity contribution in [2.45, 2.75) is 45.8 Å². The molecule has 0 heterocycles. The molecule has 1 aromatic rings. The van der Waals surface area contributed by atoms with E-state index >= 15 is 0 Å². The van der Waals surface area contributed by atoms with E-state index in [0.717, 1.165) is 24.2 Å². The van der Waals surface area contributed by atoms with E-state index in [2.05, 4.69) is 13.8 Å². The van der Waals surface area contributed by atoms with Crippen molar-refractivity contribution in [3.8, 4) is 5.75 Å². The summed E-state index contributed by atoms with van der Waals surface area (Å²) in [5, 5.41) is 0.637. The first kappa shape index (κ1) is 13.3. The summed E-state index contributed by atoms with van der Waals surface area (Å²) in [6, 6.07) is 5.73. The van der Waals surface area contributed by atoms with Crippen molar-refractivity contribution in [3.05, 3.63) is 28.8 Å². The van der Waals surface area contributed by atoms with Crippen molar-refractivity contribution in [2.24, 2.45) is 5.73 Å². The van der Waals surface area contributed by atoms with Crippen LogP contribution in [0, 0.1) is 0 Å². The standard InChI is InChI=1S/C13H20ClNO/c1-4-5-9(2)16-13-7-6-11(10(3)15)8-12(13)14/h6-10H,4-5,15H2,1-3H3/t9?,10-/m0/s1. The van der Waals surface area contributed by atoms with Crippen molar-refractivity contribution in [1.29, 1.82) is 0 Å². The molecule has 0 saturated carbocycles. The summed E-state index contributed by atoms with van der Waals surface area (Å²) in [6.07, 6.45) is 2.34. The largest absolute Gasteiger partial charge is 0.489 e. The Morgan fingerprint density at radius 3 is 2.56 bits per heavy atom. The average Bonchev–Trinajstić information content (AvgIpc) is 2.21. The third kappa shape index (κ3) is 3.69. The fourth-order valence-electron chi connectivity index (χ4n) is 1.58. The van der Waals surface area contributed by atoms with Gasteiger partial charge in [0, 0.05) is 6.04 Å². The summed E-state index contributed by atoms with van der Waals surface area (Å²) >= 11 is 6.14. The van der Waals surface area contributed by atoms with Crippen LogP contribution >= 0.6 is 11.6 Å². The molecule has 0 radical (unpaired) electrons. The smallest absolute Gasteiger partial charge is 0.138 e. The Morgan fingerprint density at radius 2 is 2.06 bits per heavy atom. The molecule has 0 amide bonds. The minimum absolute atomic E-state index is 0.000356. The van der Waals surface area contributed by atoms with Crippen molar-refractivity contribution in [3.63, 3.8) is 0 Å². The monoisotopic (exact) mass is 241 g/mol. The van der Waals surface area contributed by atoms with Gasteiger partial charge in [0.25, 0.3) is 0 Å². The summed E-state index contributed by atoms with van der Waals surface area (Å²) < 4.78 is 5.75. The van der Waals surface area contributed by atoms with Crippen LogP contribution in [0.1, 0.15) is 45.2 Å². The number of hydrogen-bond acceptors (Lipinski definition) is 2. The maximum atomic E-state index is 6.14. The Kier molecular flexibility index (Phi) is 5.10. The van der Waals surface area contributed by atoms with Gasteiger partial charge < -0.3 is 10.5 Å². The van der Waals surface area contributed by atoms with E-state index < -0.39 is 0 Å². The Balaban J connectivity index is 2.75. The maximum Gasteiger partial charge on any atom is 0.138 e. The zero-order chi connectivity index (χ0) is 12.1. The van der Waals surface area contributed by atoms with Gasteiger partial charge in [-0.1, -0.05) is 31.0 Å². The van der Waals surface area contributed by atoms with E-state index in [-0.39, 0.29) is 12.1 Å². The summed E-state index contributed by atoms with van der Waals surface area (Å²) in [7, 11) is 0. The number of ether oxygens (including phenoxy) is 1. The van der Waals surface area contributed by atoms with Crippen LogP contribution in [0.15, 0.2) is 18.2 Å². The van der Waals surface area contributed by atoms with Gasteiger partial charge in [0.15, 0.2) is 0 Å². The zero-order valence-electron chi connectivity index (χ0n) is 10.2. The van der Waals surface area contributed by atoms with E-state index in [1.807, 2.05) is 25.1 Å². The molecule has 0 fully saturated rings. The number of hydrogen-bond donors (Lipinski definition) is 1. The van der Waals surface area contributed by atoms with E-state index in [1.165, 1.54) is 0 Å². The fraction of sp³-hybridized carbons (Fsp3) is 0.538. The minimum atomic E-state index is -0.000356. The first-order valence-corrected chi connectivity index (χ1v) is 6.14. The zero-order valence-corrected chi connectivity index (χ0v) is 10.9. The molecule has 90 valence electrons. The minimum Gasteiger partial charge on any atom is -0.489 e. The van der Waals surface area contributed by atoms with Gasteiger partial charge in [-0.2, -0.15) is 0 Å². The predicted octanol–water partition coefficient (Wildman–Crippen LogP) is 3.93. The molecule has 0 aliphatic rings. The first-order chi connectivity index (χ1) is 7.54. The van der Waals surface area contributed by atoms with Crippen LogP contribution in [0.3, 0.4) is 0 Å². The summed E-state index contributed by atoms with van der Waals surface area (Å²) in [5.41, 5.74) is 6.81. The number of rotatable bonds is 5. The quantitative estimate of drug-likeness (QED) is 0.848. The van der Waals surface area contributed by atoms with Gasteiger partial charge in [-0.25, -0.2) is 0 Å². The van der Waals surface area contributed by atoms with Crippen LogP contribution in [-0.4, -0.2) is 6.10 Å². The van der Waals surface area contributed by atoms with Gasteiger partial charge in [-0.05, 0) is 38.0 Å². The Hall–Kier alpha value is -0.730. The molecule has 1 rings (SSSR count). The lowest BCUT2D eigenvalue weighted by molar-refractivity contribution is 0.210. The van der Waals surface area contributed by atoms with Gasteiger partial charge in [-0.15, -0.1) is 0 Å². The topological polar surface area (TPSA) is 35.2 Å². The van der Waals surface area contributed by atoms with Crippen LogP contribution in [0.25, 0.3) is 0 Å². The molecular formula is C13H20ClNO. The molecule has 0 aliphatic heterocycles. The SMILES string of the molecule is CCCC(C)Oc1ccc([C@H](C)N)cc1Cl. The van der Waals surface area contributed by atoms with E-state index in [0.29, 0.717) is 5.02 Å². The van der Waals surface area contributed by atoms with Crippen molar-refractivity contribution in [1.82, 2.24) is 0 Å². The van der Waals surface area contributed by atoms with Crippen molar-refractivity contribution >= 4 is 11.6 Å². The maximum absolute atomic E-state index is 6.14. The molecule has 2 N–H and O–H groups in total. The molecule has 0 bridgehead atoms. The normalized spacial score (nSPS) is 14.6. The molecular weight excluding hydrogens is 222 g/mol.